The van der Waals surface area contributed by atoms with E-state index in [0.717, 1.165) is 62.6 Å². The molecule has 0 aliphatic carbocycles. The Bertz CT molecular complexity index is 993. The third-order valence-corrected chi connectivity index (χ3v) is 6.29. The van der Waals surface area contributed by atoms with E-state index in [4.69, 9.17) is 4.74 Å². The average Bonchev–Trinajstić information content (AvgIpc) is 3.06. The lowest BCUT2D eigenvalue weighted by Gasteiger charge is -2.24. The van der Waals surface area contributed by atoms with Crippen LogP contribution in [-0.2, 0) is 24.2 Å². The van der Waals surface area contributed by atoms with Crippen LogP contribution < -0.4 is 4.74 Å². The van der Waals surface area contributed by atoms with Gasteiger partial charge in [-0.05, 0) is 54.2 Å². The molecule has 0 N–H and O–H groups in total. The maximum atomic E-state index is 13.2. The van der Waals surface area contributed by atoms with Crippen LogP contribution in [0.1, 0.15) is 23.2 Å². The molecule has 1 fully saturated rings. The molecule has 5 nitrogen and oxygen atoms in total. The summed E-state index contributed by atoms with van der Waals surface area (Å²) in [5, 5.41) is 0. The SMILES string of the molecule is COc1ccc(CCC(=O)N2CCN(Cc3ccccc3)C[C@@H](Cc3ccccn3)C2)cc1. The van der Waals surface area contributed by atoms with Gasteiger partial charge >= 0.3 is 0 Å². The minimum Gasteiger partial charge on any atom is -0.497 e. The summed E-state index contributed by atoms with van der Waals surface area (Å²) >= 11 is 0. The molecule has 3 aromatic rings. The Morgan fingerprint density at radius 3 is 2.45 bits per heavy atom. The molecule has 1 aromatic heterocycles. The predicted molar refractivity (Wildman–Crippen MR) is 131 cm³/mol. The highest BCUT2D eigenvalue weighted by molar-refractivity contribution is 5.76. The fraction of sp³-hybridized carbons (Fsp3) is 0.357. The summed E-state index contributed by atoms with van der Waals surface area (Å²) in [5.41, 5.74) is 3.57. The minimum absolute atomic E-state index is 0.235. The van der Waals surface area contributed by atoms with Crippen molar-refractivity contribution >= 4 is 5.91 Å². The maximum Gasteiger partial charge on any atom is 0.222 e. The number of hydrogen-bond acceptors (Lipinski definition) is 4. The van der Waals surface area contributed by atoms with E-state index in [1.807, 2.05) is 42.6 Å². The largest absolute Gasteiger partial charge is 0.497 e. The van der Waals surface area contributed by atoms with Crippen LogP contribution in [0.25, 0.3) is 0 Å². The third kappa shape index (κ3) is 6.90. The monoisotopic (exact) mass is 443 g/mol. The summed E-state index contributed by atoms with van der Waals surface area (Å²) in [4.78, 5) is 22.3. The lowest BCUT2D eigenvalue weighted by Crippen LogP contribution is -2.36. The molecule has 1 saturated heterocycles. The molecule has 1 atom stereocenters. The number of carbonyl (C=O) groups excluding carboxylic acids is 1. The predicted octanol–water partition coefficient (Wildman–Crippen LogP) is 4.23. The smallest absolute Gasteiger partial charge is 0.222 e. The Morgan fingerprint density at radius 1 is 0.939 bits per heavy atom. The van der Waals surface area contributed by atoms with Crippen LogP contribution in [0.15, 0.2) is 79.0 Å². The van der Waals surface area contributed by atoms with Crippen molar-refractivity contribution in [3.63, 3.8) is 0 Å². The van der Waals surface area contributed by atoms with Crippen LogP contribution in [-0.4, -0.2) is 54.0 Å². The number of carbonyl (C=O) groups is 1. The number of aryl methyl sites for hydroxylation is 1. The molecule has 4 rings (SSSR count). The van der Waals surface area contributed by atoms with E-state index in [2.05, 4.69) is 51.2 Å². The fourth-order valence-corrected chi connectivity index (χ4v) is 4.54. The zero-order valence-corrected chi connectivity index (χ0v) is 19.4. The highest BCUT2D eigenvalue weighted by Gasteiger charge is 2.26. The van der Waals surface area contributed by atoms with Crippen LogP contribution in [0.3, 0.4) is 0 Å². The molecule has 0 unspecified atom stereocenters. The van der Waals surface area contributed by atoms with Gasteiger partial charge < -0.3 is 9.64 Å². The van der Waals surface area contributed by atoms with Crippen LogP contribution in [0.4, 0.5) is 0 Å². The number of nitrogens with zero attached hydrogens (tertiary/aromatic N) is 3. The summed E-state index contributed by atoms with van der Waals surface area (Å²) in [6.45, 7) is 4.32. The molecular formula is C28H33N3O2. The van der Waals surface area contributed by atoms with Gasteiger partial charge in [0.1, 0.15) is 5.75 Å². The van der Waals surface area contributed by atoms with Crippen LogP contribution in [0.5, 0.6) is 5.75 Å². The number of pyridine rings is 1. The highest BCUT2D eigenvalue weighted by Crippen LogP contribution is 2.19. The van der Waals surface area contributed by atoms with Gasteiger partial charge in [0.25, 0.3) is 0 Å². The molecule has 0 bridgehead atoms. The first-order valence-electron chi connectivity index (χ1n) is 11.8. The van der Waals surface area contributed by atoms with Gasteiger partial charge in [-0.1, -0.05) is 48.5 Å². The second-order valence-electron chi connectivity index (χ2n) is 8.80. The van der Waals surface area contributed by atoms with Crippen LogP contribution in [0.2, 0.25) is 0 Å². The molecule has 33 heavy (non-hydrogen) atoms. The zero-order valence-electron chi connectivity index (χ0n) is 19.4. The van der Waals surface area contributed by atoms with Gasteiger partial charge in [-0.3, -0.25) is 14.7 Å². The number of aromatic nitrogens is 1. The number of amides is 1. The van der Waals surface area contributed by atoms with Crippen molar-refractivity contribution in [2.75, 3.05) is 33.3 Å². The van der Waals surface area contributed by atoms with Gasteiger partial charge in [-0.25, -0.2) is 0 Å². The first kappa shape index (κ1) is 23.0. The summed E-state index contributed by atoms with van der Waals surface area (Å²) in [6.07, 6.45) is 4.01. The number of methoxy groups -OCH3 is 1. The molecule has 172 valence electrons. The zero-order chi connectivity index (χ0) is 22.9. The second kappa shape index (κ2) is 11.6. The number of rotatable bonds is 8. The topological polar surface area (TPSA) is 45.7 Å². The Morgan fingerprint density at radius 2 is 1.73 bits per heavy atom. The molecule has 5 heteroatoms. The molecule has 1 aliphatic rings. The van der Waals surface area contributed by atoms with Crippen LogP contribution in [0, 0.1) is 5.92 Å². The Balaban J connectivity index is 1.41. The lowest BCUT2D eigenvalue weighted by molar-refractivity contribution is -0.131. The van der Waals surface area contributed by atoms with Crippen molar-refractivity contribution in [1.82, 2.24) is 14.8 Å². The van der Waals surface area contributed by atoms with Gasteiger partial charge in [-0.15, -0.1) is 0 Å². The Labute approximate surface area is 197 Å². The first-order chi connectivity index (χ1) is 16.2. The molecular weight excluding hydrogens is 410 g/mol. The number of ether oxygens (including phenoxy) is 1. The third-order valence-electron chi connectivity index (χ3n) is 6.29. The highest BCUT2D eigenvalue weighted by atomic mass is 16.5. The van der Waals surface area contributed by atoms with Crippen molar-refractivity contribution in [1.29, 1.82) is 0 Å². The number of benzene rings is 2. The van der Waals surface area contributed by atoms with Crippen molar-refractivity contribution in [2.45, 2.75) is 25.8 Å². The fourth-order valence-electron chi connectivity index (χ4n) is 4.54. The standard InChI is InChI=1S/C28H33N3O2/c1-33-27-13-10-23(11-14-27)12-15-28(32)31-18-17-30(20-24-7-3-2-4-8-24)21-25(22-31)19-26-9-5-6-16-29-26/h2-11,13-14,16,25H,12,15,17-22H2,1H3/t25-/m1/s1. The second-order valence-corrected chi connectivity index (χ2v) is 8.80. The average molecular weight is 444 g/mol. The summed E-state index contributed by atoms with van der Waals surface area (Å²) < 4.78 is 5.23. The van der Waals surface area contributed by atoms with E-state index >= 15 is 0 Å². The Kier molecular flexibility index (Phi) is 8.09. The summed E-state index contributed by atoms with van der Waals surface area (Å²) in [5.74, 6) is 1.43. The first-order valence-corrected chi connectivity index (χ1v) is 11.8. The Hall–Kier alpha value is -3.18. The van der Waals surface area contributed by atoms with Gasteiger partial charge in [0.15, 0.2) is 0 Å². The summed E-state index contributed by atoms with van der Waals surface area (Å²) in [6, 6.07) is 24.7. The van der Waals surface area contributed by atoms with E-state index in [0.29, 0.717) is 12.3 Å². The lowest BCUT2D eigenvalue weighted by atomic mass is 10.0. The van der Waals surface area contributed by atoms with E-state index in [9.17, 15) is 4.79 Å². The van der Waals surface area contributed by atoms with Gasteiger partial charge in [-0.2, -0.15) is 0 Å². The molecule has 0 radical (unpaired) electrons. The normalized spacial score (nSPS) is 16.9. The van der Waals surface area contributed by atoms with E-state index in [1.54, 1.807) is 7.11 Å². The molecule has 2 aromatic carbocycles. The van der Waals surface area contributed by atoms with Gasteiger partial charge in [0.05, 0.1) is 7.11 Å². The minimum atomic E-state index is 0.235. The molecule has 1 amide bonds. The summed E-state index contributed by atoms with van der Waals surface area (Å²) in [7, 11) is 1.67. The molecule has 1 aliphatic heterocycles. The van der Waals surface area contributed by atoms with Crippen molar-refractivity contribution < 1.29 is 9.53 Å². The van der Waals surface area contributed by atoms with Gasteiger partial charge in [0.2, 0.25) is 5.91 Å². The van der Waals surface area contributed by atoms with E-state index < -0.39 is 0 Å². The van der Waals surface area contributed by atoms with Crippen molar-refractivity contribution in [3.05, 3.63) is 95.8 Å². The van der Waals surface area contributed by atoms with E-state index in [-0.39, 0.29) is 5.91 Å². The quantitative estimate of drug-likeness (QED) is 0.523. The molecule has 0 saturated carbocycles. The molecule has 2 heterocycles. The van der Waals surface area contributed by atoms with Gasteiger partial charge in [0, 0.05) is 51.0 Å². The van der Waals surface area contributed by atoms with Crippen LogP contribution >= 0.6 is 0 Å². The van der Waals surface area contributed by atoms with E-state index in [1.165, 1.54) is 5.56 Å². The molecule has 0 spiro atoms. The van der Waals surface area contributed by atoms with Crippen molar-refractivity contribution in [3.8, 4) is 5.75 Å². The maximum absolute atomic E-state index is 13.2. The number of hydrogen-bond donors (Lipinski definition) is 0. The van der Waals surface area contributed by atoms with Crippen molar-refractivity contribution in [2.24, 2.45) is 5.92 Å².